The number of nitrogens with zero attached hydrogens (tertiary/aromatic N) is 1. The maximum atomic E-state index is 12.4. The highest BCUT2D eigenvalue weighted by atomic mass is 32.1. The molecule has 0 aliphatic rings. The van der Waals surface area contributed by atoms with Crippen LogP contribution in [0.4, 0.5) is 5.00 Å². The van der Waals surface area contributed by atoms with Gasteiger partial charge in [-0.25, -0.2) is 4.79 Å². The fourth-order valence-electron chi connectivity index (χ4n) is 2.37. The van der Waals surface area contributed by atoms with Gasteiger partial charge < -0.3 is 19.5 Å². The van der Waals surface area contributed by atoms with Gasteiger partial charge in [0.2, 0.25) is 5.91 Å². The zero-order valence-electron chi connectivity index (χ0n) is 14.8. The van der Waals surface area contributed by atoms with Crippen LogP contribution in [0.15, 0.2) is 18.2 Å². The van der Waals surface area contributed by atoms with Gasteiger partial charge in [0.15, 0.2) is 11.5 Å². The molecule has 1 heterocycles. The highest BCUT2D eigenvalue weighted by Gasteiger charge is 2.22. The molecule has 1 aromatic carbocycles. The molecule has 0 fully saturated rings. The molecular weight excluding hydrogens is 356 g/mol. The van der Waals surface area contributed by atoms with Gasteiger partial charge in [-0.3, -0.25) is 4.79 Å². The second kappa shape index (κ2) is 8.36. The number of ether oxygens (including phenoxy) is 3. The maximum Gasteiger partial charge on any atom is 0.348 e. The monoisotopic (exact) mass is 374 g/mol. The first-order valence-electron chi connectivity index (χ1n) is 7.57. The molecule has 0 radical (unpaired) electrons. The van der Waals surface area contributed by atoms with Crippen molar-refractivity contribution in [3.05, 3.63) is 39.8 Å². The second-order valence-corrected chi connectivity index (χ2v) is 6.30. The van der Waals surface area contributed by atoms with E-state index >= 15 is 0 Å². The molecule has 2 rings (SSSR count). The van der Waals surface area contributed by atoms with E-state index in [1.807, 2.05) is 6.07 Å². The Morgan fingerprint density at radius 3 is 2.46 bits per heavy atom. The van der Waals surface area contributed by atoms with E-state index in [0.29, 0.717) is 26.9 Å². The molecule has 0 unspecified atom stereocenters. The largest absolute Gasteiger partial charge is 0.493 e. The minimum absolute atomic E-state index is 0.0791. The lowest BCUT2D eigenvalue weighted by molar-refractivity contribution is -0.115. The van der Waals surface area contributed by atoms with Crippen LogP contribution in [0.3, 0.4) is 0 Å². The summed E-state index contributed by atoms with van der Waals surface area (Å²) >= 11 is 1.02. The Kier molecular flexibility index (Phi) is 6.20. The summed E-state index contributed by atoms with van der Waals surface area (Å²) in [6.07, 6.45) is 0.0791. The lowest BCUT2D eigenvalue weighted by Gasteiger charge is -2.09. The van der Waals surface area contributed by atoms with Crippen molar-refractivity contribution in [2.24, 2.45) is 0 Å². The first-order valence-corrected chi connectivity index (χ1v) is 8.39. The van der Waals surface area contributed by atoms with Crippen LogP contribution >= 0.6 is 11.3 Å². The average Bonchev–Trinajstić information content (AvgIpc) is 2.95. The van der Waals surface area contributed by atoms with E-state index in [9.17, 15) is 14.9 Å². The number of methoxy groups -OCH3 is 3. The van der Waals surface area contributed by atoms with Gasteiger partial charge in [0.05, 0.1) is 33.3 Å². The molecule has 0 saturated carbocycles. The predicted octanol–water partition coefficient (Wildman–Crippen LogP) is 2.91. The van der Waals surface area contributed by atoms with Crippen LogP contribution < -0.4 is 14.8 Å². The van der Waals surface area contributed by atoms with Crippen LogP contribution in [-0.2, 0) is 16.0 Å². The summed E-state index contributed by atoms with van der Waals surface area (Å²) in [5.74, 6) is 0.242. The summed E-state index contributed by atoms with van der Waals surface area (Å²) in [4.78, 5) is 24.4. The lowest BCUT2D eigenvalue weighted by atomic mass is 10.1. The summed E-state index contributed by atoms with van der Waals surface area (Å²) in [7, 11) is 4.32. The third-order valence-electron chi connectivity index (χ3n) is 3.69. The van der Waals surface area contributed by atoms with Crippen molar-refractivity contribution in [3.8, 4) is 17.6 Å². The average molecular weight is 374 g/mol. The number of nitriles is 1. The number of thiophene rings is 1. The predicted molar refractivity (Wildman–Crippen MR) is 97.0 cm³/mol. The molecule has 136 valence electrons. The zero-order chi connectivity index (χ0) is 19.3. The Bertz CT molecular complexity index is 882. The Balaban J connectivity index is 2.21. The Hall–Kier alpha value is -3.05. The van der Waals surface area contributed by atoms with Gasteiger partial charge in [-0.05, 0) is 30.2 Å². The summed E-state index contributed by atoms with van der Waals surface area (Å²) in [5, 5.41) is 12.3. The van der Waals surface area contributed by atoms with Crippen LogP contribution in [0.5, 0.6) is 11.5 Å². The number of amides is 1. The normalized spacial score (nSPS) is 9.96. The highest BCUT2D eigenvalue weighted by Crippen LogP contribution is 2.33. The Morgan fingerprint density at radius 2 is 1.88 bits per heavy atom. The van der Waals surface area contributed by atoms with Crippen molar-refractivity contribution >= 4 is 28.2 Å². The number of carbonyl (C=O) groups is 2. The zero-order valence-corrected chi connectivity index (χ0v) is 15.7. The summed E-state index contributed by atoms with van der Waals surface area (Å²) in [6, 6.07) is 7.20. The first kappa shape index (κ1) is 19.3. The highest BCUT2D eigenvalue weighted by molar-refractivity contribution is 7.18. The molecular formula is C18H18N2O5S. The first-order chi connectivity index (χ1) is 12.4. The van der Waals surface area contributed by atoms with Crippen molar-refractivity contribution in [3.63, 3.8) is 0 Å². The molecule has 26 heavy (non-hydrogen) atoms. The van der Waals surface area contributed by atoms with Crippen molar-refractivity contribution < 1.29 is 23.8 Å². The number of hydrogen-bond donors (Lipinski definition) is 1. The molecule has 1 N–H and O–H groups in total. The molecule has 8 heteroatoms. The van der Waals surface area contributed by atoms with Crippen LogP contribution in [-0.4, -0.2) is 33.2 Å². The molecule has 0 aliphatic carbocycles. The van der Waals surface area contributed by atoms with Crippen LogP contribution in [0, 0.1) is 18.3 Å². The SMILES string of the molecule is COC(=O)c1sc(NC(=O)Cc2ccc(OC)c(OC)c2)c(C#N)c1C. The van der Waals surface area contributed by atoms with E-state index in [1.54, 1.807) is 25.1 Å². The van der Waals surface area contributed by atoms with Crippen LogP contribution in [0.2, 0.25) is 0 Å². The van der Waals surface area contributed by atoms with Crippen molar-refractivity contribution in [1.82, 2.24) is 0 Å². The minimum Gasteiger partial charge on any atom is -0.493 e. The van der Waals surface area contributed by atoms with E-state index in [4.69, 9.17) is 14.2 Å². The third kappa shape index (κ3) is 3.95. The van der Waals surface area contributed by atoms with E-state index in [-0.39, 0.29) is 17.9 Å². The lowest BCUT2D eigenvalue weighted by Crippen LogP contribution is -2.14. The standard InChI is InChI=1S/C18H18N2O5S/c1-10-12(9-19)17(26-16(10)18(22)25-4)20-15(21)8-11-5-6-13(23-2)14(7-11)24-3/h5-7H,8H2,1-4H3,(H,20,21). The van der Waals surface area contributed by atoms with E-state index < -0.39 is 5.97 Å². The van der Waals surface area contributed by atoms with E-state index in [0.717, 1.165) is 16.9 Å². The van der Waals surface area contributed by atoms with Gasteiger partial charge in [0, 0.05) is 0 Å². The second-order valence-electron chi connectivity index (χ2n) is 5.28. The fourth-order valence-corrected chi connectivity index (χ4v) is 3.46. The Morgan fingerprint density at radius 1 is 1.19 bits per heavy atom. The van der Waals surface area contributed by atoms with Gasteiger partial charge in [-0.2, -0.15) is 5.26 Å². The summed E-state index contributed by atoms with van der Waals surface area (Å²) in [6.45, 7) is 1.64. The number of rotatable bonds is 6. The number of nitrogens with one attached hydrogen (secondary N) is 1. The molecule has 0 saturated heterocycles. The van der Waals surface area contributed by atoms with Gasteiger partial charge in [-0.15, -0.1) is 11.3 Å². The molecule has 7 nitrogen and oxygen atoms in total. The molecule has 0 atom stereocenters. The van der Waals surface area contributed by atoms with Crippen molar-refractivity contribution in [2.45, 2.75) is 13.3 Å². The number of anilines is 1. The van der Waals surface area contributed by atoms with Gasteiger partial charge >= 0.3 is 5.97 Å². The molecule has 0 spiro atoms. The van der Waals surface area contributed by atoms with Gasteiger partial charge in [0.1, 0.15) is 15.9 Å². The van der Waals surface area contributed by atoms with Crippen LogP contribution in [0.1, 0.15) is 26.4 Å². The number of esters is 1. The van der Waals surface area contributed by atoms with Crippen molar-refractivity contribution in [1.29, 1.82) is 5.26 Å². The maximum absolute atomic E-state index is 12.4. The van der Waals surface area contributed by atoms with Gasteiger partial charge in [-0.1, -0.05) is 6.07 Å². The van der Waals surface area contributed by atoms with Gasteiger partial charge in [0.25, 0.3) is 0 Å². The molecule has 0 aliphatic heterocycles. The molecule has 1 aromatic heterocycles. The molecule has 0 bridgehead atoms. The third-order valence-corrected chi connectivity index (χ3v) is 4.88. The summed E-state index contributed by atoms with van der Waals surface area (Å²) < 4.78 is 15.1. The molecule has 1 amide bonds. The van der Waals surface area contributed by atoms with Crippen molar-refractivity contribution in [2.75, 3.05) is 26.6 Å². The number of hydrogen-bond acceptors (Lipinski definition) is 7. The van der Waals surface area contributed by atoms with Crippen LogP contribution in [0.25, 0.3) is 0 Å². The fraction of sp³-hybridized carbons (Fsp3) is 0.278. The van der Waals surface area contributed by atoms with E-state index in [1.165, 1.54) is 21.3 Å². The van der Waals surface area contributed by atoms with E-state index in [2.05, 4.69) is 5.32 Å². The Labute approximate surface area is 155 Å². The number of benzene rings is 1. The topological polar surface area (TPSA) is 97.7 Å². The number of carbonyl (C=O) groups excluding carboxylic acids is 2. The minimum atomic E-state index is -0.538. The quantitative estimate of drug-likeness (QED) is 0.781. The molecule has 2 aromatic rings. The summed E-state index contributed by atoms with van der Waals surface area (Å²) in [5.41, 5.74) is 1.47. The smallest absolute Gasteiger partial charge is 0.348 e.